The van der Waals surface area contributed by atoms with Gasteiger partial charge in [0.25, 0.3) is 5.91 Å². The van der Waals surface area contributed by atoms with Crippen LogP contribution in [0.25, 0.3) is 11.0 Å². The number of amides is 1. The molecule has 1 amide bonds. The zero-order valence-electron chi connectivity index (χ0n) is 13.1. The summed E-state index contributed by atoms with van der Waals surface area (Å²) in [5.41, 5.74) is 3.75. The molecule has 6 heteroatoms. The molecule has 0 bridgehead atoms. The fraction of sp³-hybridized carbons (Fsp3) is 0.235. The number of carbonyl (C=O) groups excluding carboxylic acids is 1. The maximum absolute atomic E-state index is 12.6. The van der Waals surface area contributed by atoms with Crippen molar-refractivity contribution in [2.75, 3.05) is 11.9 Å². The summed E-state index contributed by atoms with van der Waals surface area (Å²) in [7, 11) is 1.80. The standard InChI is InChI=1S/C17H18N4O2/c1-11-9-14(15-10-18-21(2)16(15)19-11)17(23)20-13-5-3-12(4-6-13)7-8-22/h3-6,9-10,22H,7-8H2,1-2H3,(H,20,23). The van der Waals surface area contributed by atoms with Gasteiger partial charge in [-0.25, -0.2) is 4.98 Å². The van der Waals surface area contributed by atoms with Crippen LogP contribution in [0.5, 0.6) is 0 Å². The minimum Gasteiger partial charge on any atom is -0.396 e. The molecule has 0 radical (unpaired) electrons. The van der Waals surface area contributed by atoms with E-state index in [1.165, 1.54) is 0 Å². The molecular weight excluding hydrogens is 292 g/mol. The Labute approximate surface area is 133 Å². The van der Waals surface area contributed by atoms with E-state index in [2.05, 4.69) is 15.4 Å². The molecule has 0 spiro atoms. The Bertz CT molecular complexity index is 853. The average Bonchev–Trinajstić information content (AvgIpc) is 2.90. The van der Waals surface area contributed by atoms with E-state index in [9.17, 15) is 4.79 Å². The van der Waals surface area contributed by atoms with E-state index in [1.54, 1.807) is 24.0 Å². The number of nitrogens with one attached hydrogen (secondary N) is 1. The van der Waals surface area contributed by atoms with Crippen LogP contribution in [0, 0.1) is 6.92 Å². The summed E-state index contributed by atoms with van der Waals surface area (Å²) >= 11 is 0. The van der Waals surface area contributed by atoms with Crippen molar-refractivity contribution in [3.05, 3.63) is 53.3 Å². The monoisotopic (exact) mass is 310 g/mol. The van der Waals surface area contributed by atoms with Crippen molar-refractivity contribution in [1.29, 1.82) is 0 Å². The first-order valence-electron chi connectivity index (χ1n) is 7.39. The minimum absolute atomic E-state index is 0.112. The second-order valence-electron chi connectivity index (χ2n) is 5.44. The van der Waals surface area contributed by atoms with Gasteiger partial charge in [-0.15, -0.1) is 0 Å². The van der Waals surface area contributed by atoms with Gasteiger partial charge in [0.2, 0.25) is 0 Å². The largest absolute Gasteiger partial charge is 0.396 e. The highest BCUT2D eigenvalue weighted by Crippen LogP contribution is 2.19. The van der Waals surface area contributed by atoms with Gasteiger partial charge in [0.15, 0.2) is 5.65 Å². The zero-order chi connectivity index (χ0) is 16.4. The van der Waals surface area contributed by atoms with Gasteiger partial charge in [-0.2, -0.15) is 5.10 Å². The highest BCUT2D eigenvalue weighted by molar-refractivity contribution is 6.11. The normalized spacial score (nSPS) is 10.9. The van der Waals surface area contributed by atoms with Crippen LogP contribution in [0.2, 0.25) is 0 Å². The molecule has 0 fully saturated rings. The number of nitrogens with zero attached hydrogens (tertiary/aromatic N) is 3. The molecule has 23 heavy (non-hydrogen) atoms. The lowest BCUT2D eigenvalue weighted by molar-refractivity contribution is 0.102. The number of aliphatic hydroxyl groups is 1. The summed E-state index contributed by atoms with van der Waals surface area (Å²) in [6, 6.07) is 9.21. The van der Waals surface area contributed by atoms with E-state index in [-0.39, 0.29) is 12.5 Å². The van der Waals surface area contributed by atoms with Gasteiger partial charge in [-0.05, 0) is 37.1 Å². The van der Waals surface area contributed by atoms with Gasteiger partial charge in [-0.1, -0.05) is 12.1 Å². The number of fused-ring (bicyclic) bond motifs is 1. The van der Waals surface area contributed by atoms with Gasteiger partial charge >= 0.3 is 0 Å². The maximum atomic E-state index is 12.6. The first kappa shape index (κ1) is 15.2. The second-order valence-corrected chi connectivity index (χ2v) is 5.44. The molecule has 0 saturated heterocycles. The number of aliphatic hydroxyl groups excluding tert-OH is 1. The van der Waals surface area contributed by atoms with Crippen molar-refractivity contribution in [3.63, 3.8) is 0 Å². The SMILES string of the molecule is Cc1cc(C(=O)Nc2ccc(CCO)cc2)c2cnn(C)c2n1. The van der Waals surface area contributed by atoms with Crippen molar-refractivity contribution in [2.24, 2.45) is 7.05 Å². The van der Waals surface area contributed by atoms with Crippen molar-refractivity contribution < 1.29 is 9.90 Å². The fourth-order valence-corrected chi connectivity index (χ4v) is 2.51. The van der Waals surface area contributed by atoms with E-state index in [1.807, 2.05) is 31.2 Å². The smallest absolute Gasteiger partial charge is 0.256 e. The molecule has 3 rings (SSSR count). The van der Waals surface area contributed by atoms with Crippen LogP contribution < -0.4 is 5.32 Å². The maximum Gasteiger partial charge on any atom is 0.256 e. The molecule has 3 aromatic rings. The van der Waals surface area contributed by atoms with Gasteiger partial charge in [0.05, 0.1) is 17.1 Å². The summed E-state index contributed by atoms with van der Waals surface area (Å²) in [6.07, 6.45) is 2.26. The summed E-state index contributed by atoms with van der Waals surface area (Å²) in [5.74, 6) is -0.191. The van der Waals surface area contributed by atoms with E-state index < -0.39 is 0 Å². The molecule has 0 aliphatic carbocycles. The number of carbonyl (C=O) groups is 1. The molecule has 0 aliphatic heterocycles. The second kappa shape index (κ2) is 6.18. The third kappa shape index (κ3) is 3.07. The number of aromatic nitrogens is 3. The lowest BCUT2D eigenvalue weighted by Gasteiger charge is -2.08. The number of aryl methyl sites for hydroxylation is 2. The van der Waals surface area contributed by atoms with Crippen molar-refractivity contribution in [1.82, 2.24) is 14.8 Å². The Balaban J connectivity index is 1.88. The number of anilines is 1. The molecule has 2 N–H and O–H groups in total. The first-order valence-corrected chi connectivity index (χ1v) is 7.39. The third-order valence-electron chi connectivity index (χ3n) is 3.69. The highest BCUT2D eigenvalue weighted by atomic mass is 16.3. The summed E-state index contributed by atoms with van der Waals surface area (Å²) in [4.78, 5) is 17.0. The van der Waals surface area contributed by atoms with Crippen LogP contribution in [0.15, 0.2) is 36.5 Å². The Morgan fingerprint density at radius 2 is 2.04 bits per heavy atom. The topological polar surface area (TPSA) is 80.0 Å². The van der Waals surface area contributed by atoms with E-state index in [0.717, 1.165) is 16.6 Å². The minimum atomic E-state index is -0.191. The lowest BCUT2D eigenvalue weighted by atomic mass is 10.1. The van der Waals surface area contributed by atoms with Crippen LogP contribution >= 0.6 is 0 Å². The predicted molar refractivity (Wildman–Crippen MR) is 88.4 cm³/mol. The van der Waals surface area contributed by atoms with Crippen molar-refractivity contribution >= 4 is 22.6 Å². The quantitative estimate of drug-likeness (QED) is 0.773. The van der Waals surface area contributed by atoms with Gasteiger partial charge in [0, 0.05) is 25.0 Å². The molecular formula is C17H18N4O2. The molecule has 1 aromatic carbocycles. The van der Waals surface area contributed by atoms with Gasteiger partial charge in [0.1, 0.15) is 0 Å². The van der Waals surface area contributed by atoms with Crippen molar-refractivity contribution in [3.8, 4) is 0 Å². The molecule has 118 valence electrons. The number of pyridine rings is 1. The van der Waals surface area contributed by atoms with Crippen LogP contribution in [-0.4, -0.2) is 32.4 Å². The zero-order valence-corrected chi connectivity index (χ0v) is 13.1. The molecule has 0 unspecified atom stereocenters. The molecule has 0 atom stereocenters. The number of rotatable bonds is 4. The average molecular weight is 310 g/mol. The summed E-state index contributed by atoms with van der Waals surface area (Å²) in [6.45, 7) is 1.97. The first-order chi connectivity index (χ1) is 11.1. The Kier molecular flexibility index (Phi) is 4.08. The molecule has 2 heterocycles. The highest BCUT2D eigenvalue weighted by Gasteiger charge is 2.15. The lowest BCUT2D eigenvalue weighted by Crippen LogP contribution is -2.13. The van der Waals surface area contributed by atoms with Crippen molar-refractivity contribution in [2.45, 2.75) is 13.3 Å². The Morgan fingerprint density at radius 1 is 1.30 bits per heavy atom. The number of hydrogen-bond acceptors (Lipinski definition) is 4. The van der Waals surface area contributed by atoms with Crippen LogP contribution in [-0.2, 0) is 13.5 Å². The molecule has 6 nitrogen and oxygen atoms in total. The third-order valence-corrected chi connectivity index (χ3v) is 3.69. The van der Waals surface area contributed by atoms with E-state index in [0.29, 0.717) is 23.3 Å². The Morgan fingerprint density at radius 3 is 2.74 bits per heavy atom. The predicted octanol–water partition coefficient (Wildman–Crippen LogP) is 2.06. The van der Waals surface area contributed by atoms with E-state index in [4.69, 9.17) is 5.11 Å². The van der Waals surface area contributed by atoms with Crippen LogP contribution in [0.1, 0.15) is 21.6 Å². The molecule has 2 aromatic heterocycles. The van der Waals surface area contributed by atoms with E-state index >= 15 is 0 Å². The fourth-order valence-electron chi connectivity index (χ4n) is 2.51. The number of benzene rings is 1. The summed E-state index contributed by atoms with van der Waals surface area (Å²) < 4.78 is 1.66. The van der Waals surface area contributed by atoms with Gasteiger partial charge in [-0.3, -0.25) is 9.48 Å². The molecule has 0 saturated carbocycles. The van der Waals surface area contributed by atoms with Gasteiger partial charge < -0.3 is 10.4 Å². The molecule has 0 aliphatic rings. The van der Waals surface area contributed by atoms with Crippen LogP contribution in [0.3, 0.4) is 0 Å². The Hall–Kier alpha value is -2.73. The summed E-state index contributed by atoms with van der Waals surface area (Å²) in [5, 5.41) is 16.7. The number of hydrogen-bond donors (Lipinski definition) is 2. The van der Waals surface area contributed by atoms with Crippen LogP contribution in [0.4, 0.5) is 5.69 Å².